The lowest BCUT2D eigenvalue weighted by Gasteiger charge is -2.29. The van der Waals surface area contributed by atoms with Crippen LogP contribution in [0, 0.1) is 0 Å². The number of hydrogen-bond donors (Lipinski definition) is 1. The molecule has 0 aromatic heterocycles. The van der Waals surface area contributed by atoms with Crippen LogP contribution in [0.1, 0.15) is 40.0 Å². The average molecular weight is 215 g/mol. The summed E-state index contributed by atoms with van der Waals surface area (Å²) in [6.45, 7) is 7.41. The number of ether oxygens (including phenoxy) is 2. The van der Waals surface area contributed by atoms with E-state index in [4.69, 9.17) is 9.47 Å². The monoisotopic (exact) mass is 215 g/mol. The molecule has 3 nitrogen and oxygen atoms in total. The van der Waals surface area contributed by atoms with Crippen molar-refractivity contribution in [1.82, 2.24) is 5.32 Å². The fourth-order valence-electron chi connectivity index (χ4n) is 2.09. The summed E-state index contributed by atoms with van der Waals surface area (Å²) in [5, 5.41) is 3.61. The molecule has 15 heavy (non-hydrogen) atoms. The zero-order valence-corrected chi connectivity index (χ0v) is 10.5. The lowest BCUT2D eigenvalue weighted by molar-refractivity contribution is 0.0480. The van der Waals surface area contributed by atoms with Crippen molar-refractivity contribution >= 4 is 0 Å². The molecule has 90 valence electrons. The van der Waals surface area contributed by atoms with Gasteiger partial charge in [-0.2, -0.15) is 0 Å². The number of hydrogen-bond acceptors (Lipinski definition) is 3. The van der Waals surface area contributed by atoms with Gasteiger partial charge < -0.3 is 14.8 Å². The van der Waals surface area contributed by atoms with Crippen LogP contribution in [0.5, 0.6) is 0 Å². The van der Waals surface area contributed by atoms with Crippen molar-refractivity contribution in [2.75, 3.05) is 13.7 Å². The molecule has 1 aliphatic rings. The van der Waals surface area contributed by atoms with E-state index in [0.717, 1.165) is 13.0 Å². The number of methoxy groups -OCH3 is 1. The minimum atomic E-state index is 0.250. The molecule has 1 fully saturated rings. The lowest BCUT2D eigenvalue weighted by Crippen LogP contribution is -2.48. The lowest BCUT2D eigenvalue weighted by atomic mass is 10.0. The summed E-state index contributed by atoms with van der Waals surface area (Å²) in [6, 6.07) is 0.851. The van der Waals surface area contributed by atoms with Crippen LogP contribution >= 0.6 is 0 Å². The van der Waals surface area contributed by atoms with Gasteiger partial charge in [0.1, 0.15) is 0 Å². The van der Waals surface area contributed by atoms with Crippen LogP contribution in [0.15, 0.2) is 0 Å². The molecule has 0 bridgehead atoms. The Labute approximate surface area is 93.5 Å². The van der Waals surface area contributed by atoms with E-state index in [9.17, 15) is 0 Å². The summed E-state index contributed by atoms with van der Waals surface area (Å²) < 4.78 is 11.0. The van der Waals surface area contributed by atoms with Crippen molar-refractivity contribution < 1.29 is 9.47 Å². The van der Waals surface area contributed by atoms with Crippen LogP contribution in [-0.2, 0) is 9.47 Å². The molecular formula is C12H25NO2. The van der Waals surface area contributed by atoms with Crippen LogP contribution in [0.25, 0.3) is 0 Å². The van der Waals surface area contributed by atoms with Gasteiger partial charge >= 0.3 is 0 Å². The van der Waals surface area contributed by atoms with Gasteiger partial charge in [-0.25, -0.2) is 0 Å². The maximum absolute atomic E-state index is 5.72. The number of nitrogens with one attached hydrogen (secondary N) is 1. The van der Waals surface area contributed by atoms with Crippen molar-refractivity contribution in [3.05, 3.63) is 0 Å². The largest absolute Gasteiger partial charge is 0.380 e. The normalized spacial score (nSPS) is 27.6. The highest BCUT2D eigenvalue weighted by Gasteiger charge is 2.26. The van der Waals surface area contributed by atoms with Crippen LogP contribution in [-0.4, -0.2) is 38.0 Å². The zero-order chi connectivity index (χ0) is 11.3. The van der Waals surface area contributed by atoms with E-state index in [1.54, 1.807) is 7.11 Å². The molecule has 0 saturated carbocycles. The van der Waals surface area contributed by atoms with Crippen molar-refractivity contribution in [2.24, 2.45) is 0 Å². The highest BCUT2D eigenvalue weighted by molar-refractivity contribution is 4.83. The fourth-order valence-corrected chi connectivity index (χ4v) is 2.09. The van der Waals surface area contributed by atoms with E-state index < -0.39 is 0 Å². The zero-order valence-electron chi connectivity index (χ0n) is 10.5. The van der Waals surface area contributed by atoms with E-state index >= 15 is 0 Å². The van der Waals surface area contributed by atoms with Gasteiger partial charge in [-0.3, -0.25) is 0 Å². The van der Waals surface area contributed by atoms with E-state index in [0.29, 0.717) is 18.2 Å². The van der Waals surface area contributed by atoms with Gasteiger partial charge in [-0.1, -0.05) is 6.92 Å². The Morgan fingerprint density at radius 1 is 1.47 bits per heavy atom. The Hall–Kier alpha value is -0.120. The van der Waals surface area contributed by atoms with Crippen LogP contribution in [0.4, 0.5) is 0 Å². The summed E-state index contributed by atoms with van der Waals surface area (Å²) in [5.41, 5.74) is 0. The topological polar surface area (TPSA) is 30.5 Å². The maximum Gasteiger partial charge on any atom is 0.0728 e. The first kappa shape index (κ1) is 12.9. The van der Waals surface area contributed by atoms with Gasteiger partial charge in [-0.15, -0.1) is 0 Å². The SMILES string of the molecule is CCC(NC(C)C(C)OC)C1CCCO1. The fraction of sp³-hybridized carbons (Fsp3) is 1.00. The first-order valence-corrected chi connectivity index (χ1v) is 6.09. The second-order valence-electron chi connectivity index (χ2n) is 4.46. The molecule has 0 amide bonds. The minimum Gasteiger partial charge on any atom is -0.380 e. The van der Waals surface area contributed by atoms with Gasteiger partial charge in [0, 0.05) is 25.8 Å². The second-order valence-corrected chi connectivity index (χ2v) is 4.46. The molecule has 0 aromatic carbocycles. The third-order valence-electron chi connectivity index (χ3n) is 3.41. The predicted octanol–water partition coefficient (Wildman–Crippen LogP) is 1.96. The molecule has 0 aliphatic carbocycles. The van der Waals surface area contributed by atoms with E-state index in [-0.39, 0.29) is 6.10 Å². The first-order chi connectivity index (χ1) is 7.19. The Kier molecular flexibility index (Phi) is 5.58. The standard InChI is InChI=1S/C12H25NO2/c1-5-11(12-7-6-8-15-12)13-9(2)10(3)14-4/h9-13H,5-8H2,1-4H3. The predicted molar refractivity (Wildman–Crippen MR) is 62.1 cm³/mol. The van der Waals surface area contributed by atoms with Gasteiger partial charge in [0.15, 0.2) is 0 Å². The highest BCUT2D eigenvalue weighted by atomic mass is 16.5. The van der Waals surface area contributed by atoms with Crippen molar-refractivity contribution in [1.29, 1.82) is 0 Å². The van der Waals surface area contributed by atoms with E-state index in [1.165, 1.54) is 12.8 Å². The molecular weight excluding hydrogens is 190 g/mol. The summed E-state index contributed by atoms with van der Waals surface area (Å²) in [5.74, 6) is 0. The first-order valence-electron chi connectivity index (χ1n) is 6.09. The third kappa shape index (κ3) is 3.74. The van der Waals surface area contributed by atoms with Gasteiger partial charge in [0.2, 0.25) is 0 Å². The molecule has 1 rings (SSSR count). The van der Waals surface area contributed by atoms with Gasteiger partial charge in [0.25, 0.3) is 0 Å². The van der Waals surface area contributed by atoms with Crippen molar-refractivity contribution in [3.8, 4) is 0 Å². The summed E-state index contributed by atoms with van der Waals surface area (Å²) in [6.07, 6.45) is 4.17. The Balaban J connectivity index is 2.38. The molecule has 4 unspecified atom stereocenters. The van der Waals surface area contributed by atoms with Gasteiger partial charge in [-0.05, 0) is 33.1 Å². The molecule has 1 N–H and O–H groups in total. The van der Waals surface area contributed by atoms with Crippen molar-refractivity contribution in [3.63, 3.8) is 0 Å². The second kappa shape index (κ2) is 6.46. The van der Waals surface area contributed by atoms with Crippen LogP contribution in [0.3, 0.4) is 0 Å². The highest BCUT2D eigenvalue weighted by Crippen LogP contribution is 2.18. The summed E-state index contributed by atoms with van der Waals surface area (Å²) >= 11 is 0. The van der Waals surface area contributed by atoms with E-state index in [2.05, 4.69) is 26.1 Å². The Morgan fingerprint density at radius 3 is 2.67 bits per heavy atom. The summed E-state index contributed by atoms with van der Waals surface area (Å²) in [4.78, 5) is 0. The molecule has 0 spiro atoms. The average Bonchev–Trinajstić information content (AvgIpc) is 2.77. The molecule has 1 aliphatic heterocycles. The molecule has 0 aromatic rings. The molecule has 4 atom stereocenters. The number of rotatable bonds is 6. The van der Waals surface area contributed by atoms with Crippen LogP contribution in [0.2, 0.25) is 0 Å². The van der Waals surface area contributed by atoms with E-state index in [1.807, 2.05) is 0 Å². The smallest absolute Gasteiger partial charge is 0.0728 e. The maximum atomic E-state index is 5.72. The minimum absolute atomic E-state index is 0.250. The quantitative estimate of drug-likeness (QED) is 0.734. The molecule has 1 heterocycles. The van der Waals surface area contributed by atoms with Crippen LogP contribution < -0.4 is 5.32 Å². The molecule has 0 radical (unpaired) electrons. The van der Waals surface area contributed by atoms with Crippen molar-refractivity contribution in [2.45, 2.75) is 64.3 Å². The molecule has 3 heteroatoms. The Bertz CT molecular complexity index is 169. The summed E-state index contributed by atoms with van der Waals surface area (Å²) in [7, 11) is 1.76. The third-order valence-corrected chi connectivity index (χ3v) is 3.41. The Morgan fingerprint density at radius 2 is 2.20 bits per heavy atom. The van der Waals surface area contributed by atoms with Gasteiger partial charge in [0.05, 0.1) is 12.2 Å². The molecule has 1 saturated heterocycles.